The summed E-state index contributed by atoms with van der Waals surface area (Å²) in [5.74, 6) is -1.90. The molecule has 0 radical (unpaired) electrons. The van der Waals surface area contributed by atoms with Crippen molar-refractivity contribution in [3.63, 3.8) is 0 Å². The number of hydrogen-bond acceptors (Lipinski definition) is 4. The van der Waals surface area contributed by atoms with Crippen molar-refractivity contribution in [3.8, 4) is 0 Å². The number of rotatable bonds is 4. The number of hydrogen-bond donors (Lipinski definition) is 2. The van der Waals surface area contributed by atoms with Crippen LogP contribution in [0.2, 0.25) is 5.02 Å². The van der Waals surface area contributed by atoms with Crippen molar-refractivity contribution < 1.29 is 19.6 Å². The van der Waals surface area contributed by atoms with Gasteiger partial charge in [0.1, 0.15) is 5.02 Å². The van der Waals surface area contributed by atoms with E-state index in [1.54, 1.807) is 6.07 Å². The fraction of sp³-hybridized carbons (Fsp3) is 0. The Bertz CT molecular complexity index is 825. The molecule has 23 heavy (non-hydrogen) atoms. The van der Waals surface area contributed by atoms with Crippen LogP contribution in [0.4, 0.5) is 11.4 Å². The molecule has 0 aliphatic rings. The monoisotopic (exact) mass is 398 g/mol. The van der Waals surface area contributed by atoms with Crippen molar-refractivity contribution in [3.05, 3.63) is 67.1 Å². The number of nitro groups is 1. The van der Waals surface area contributed by atoms with Gasteiger partial charge < -0.3 is 10.4 Å². The summed E-state index contributed by atoms with van der Waals surface area (Å²) in [6, 6.07) is 7.87. The lowest BCUT2D eigenvalue weighted by atomic mass is 10.1. The van der Waals surface area contributed by atoms with Crippen LogP contribution in [0.5, 0.6) is 0 Å². The standard InChI is InChI=1S/C14H8BrClN2O5/c15-8-2-4-11(9(6-8)14(20)21)17-13(19)7-1-3-10(16)12(5-7)18(22)23/h1-6H,(H,17,19)(H,20,21). The van der Waals surface area contributed by atoms with Gasteiger partial charge in [-0.2, -0.15) is 0 Å². The number of aromatic carboxylic acids is 1. The molecule has 2 aromatic rings. The zero-order valence-electron chi connectivity index (χ0n) is 11.2. The van der Waals surface area contributed by atoms with Gasteiger partial charge in [-0.05, 0) is 30.3 Å². The van der Waals surface area contributed by atoms with Gasteiger partial charge in [-0.1, -0.05) is 27.5 Å². The Labute approximate surface area is 143 Å². The van der Waals surface area contributed by atoms with E-state index in [-0.39, 0.29) is 21.8 Å². The largest absolute Gasteiger partial charge is 0.478 e. The Hall–Kier alpha value is -2.45. The number of nitro benzene ring substituents is 1. The number of nitrogens with one attached hydrogen (secondary N) is 1. The summed E-state index contributed by atoms with van der Waals surface area (Å²) >= 11 is 8.83. The molecule has 2 N–H and O–H groups in total. The summed E-state index contributed by atoms with van der Waals surface area (Å²) in [6.07, 6.45) is 0. The maximum absolute atomic E-state index is 12.2. The maximum atomic E-state index is 12.2. The van der Waals surface area contributed by atoms with Gasteiger partial charge in [-0.25, -0.2) is 4.79 Å². The van der Waals surface area contributed by atoms with E-state index in [2.05, 4.69) is 21.2 Å². The first kappa shape index (κ1) is 16.9. The van der Waals surface area contributed by atoms with Gasteiger partial charge in [-0.3, -0.25) is 14.9 Å². The average molecular weight is 400 g/mol. The third kappa shape index (κ3) is 3.85. The lowest BCUT2D eigenvalue weighted by Gasteiger charge is -2.09. The number of carboxylic acids is 1. The molecule has 0 atom stereocenters. The Balaban J connectivity index is 2.35. The molecule has 2 aromatic carbocycles. The Morgan fingerprint density at radius 2 is 1.91 bits per heavy atom. The first-order valence-corrected chi connectivity index (χ1v) is 7.25. The highest BCUT2D eigenvalue weighted by Crippen LogP contribution is 2.26. The van der Waals surface area contributed by atoms with E-state index in [1.165, 1.54) is 24.3 Å². The SMILES string of the molecule is O=C(Nc1ccc(Br)cc1C(=O)O)c1ccc(Cl)c([N+](=O)[O-])c1. The number of carbonyl (C=O) groups is 2. The van der Waals surface area contributed by atoms with Crippen LogP contribution in [0.15, 0.2) is 40.9 Å². The van der Waals surface area contributed by atoms with Crippen LogP contribution in [0.3, 0.4) is 0 Å². The highest BCUT2D eigenvalue weighted by atomic mass is 79.9. The van der Waals surface area contributed by atoms with E-state index in [0.717, 1.165) is 6.07 Å². The summed E-state index contributed by atoms with van der Waals surface area (Å²) in [5, 5.41) is 22.3. The van der Waals surface area contributed by atoms with Gasteiger partial charge in [-0.15, -0.1) is 0 Å². The van der Waals surface area contributed by atoms with Gasteiger partial charge in [0.05, 0.1) is 16.2 Å². The van der Waals surface area contributed by atoms with Crippen LogP contribution in [0, 0.1) is 10.1 Å². The fourth-order valence-electron chi connectivity index (χ4n) is 1.79. The molecule has 118 valence electrons. The van der Waals surface area contributed by atoms with E-state index in [4.69, 9.17) is 16.7 Å². The minimum atomic E-state index is -1.22. The number of anilines is 1. The van der Waals surface area contributed by atoms with E-state index in [0.29, 0.717) is 4.47 Å². The third-order valence-electron chi connectivity index (χ3n) is 2.87. The molecule has 0 spiro atoms. The van der Waals surface area contributed by atoms with Crippen LogP contribution in [-0.2, 0) is 0 Å². The number of amides is 1. The number of carboxylic acid groups (broad SMARTS) is 1. The molecule has 0 heterocycles. The molecule has 0 aliphatic heterocycles. The molecule has 0 aliphatic carbocycles. The summed E-state index contributed by atoms with van der Waals surface area (Å²) < 4.78 is 0.537. The van der Waals surface area contributed by atoms with Crippen molar-refractivity contribution in [2.75, 3.05) is 5.32 Å². The van der Waals surface area contributed by atoms with E-state index in [9.17, 15) is 19.7 Å². The fourth-order valence-corrected chi connectivity index (χ4v) is 2.34. The second-order valence-corrected chi connectivity index (χ2v) is 5.70. The Morgan fingerprint density at radius 3 is 2.52 bits per heavy atom. The second kappa shape index (κ2) is 6.76. The first-order chi connectivity index (χ1) is 10.8. The Morgan fingerprint density at radius 1 is 1.22 bits per heavy atom. The van der Waals surface area contributed by atoms with Gasteiger partial charge in [0.2, 0.25) is 0 Å². The quantitative estimate of drug-likeness (QED) is 0.597. The zero-order valence-corrected chi connectivity index (χ0v) is 13.6. The van der Waals surface area contributed by atoms with Crippen molar-refractivity contribution >= 4 is 50.8 Å². The van der Waals surface area contributed by atoms with Crippen molar-refractivity contribution in [2.45, 2.75) is 0 Å². The smallest absolute Gasteiger partial charge is 0.337 e. The topological polar surface area (TPSA) is 110 Å². The minimum Gasteiger partial charge on any atom is -0.478 e. The van der Waals surface area contributed by atoms with Crippen molar-refractivity contribution in [2.24, 2.45) is 0 Å². The summed E-state index contributed by atoms with van der Waals surface area (Å²) in [5.41, 5.74) is -0.464. The molecular formula is C14H8BrClN2O5. The molecule has 0 unspecified atom stereocenters. The van der Waals surface area contributed by atoms with Gasteiger partial charge in [0.15, 0.2) is 0 Å². The number of carbonyl (C=O) groups excluding carboxylic acids is 1. The van der Waals surface area contributed by atoms with Gasteiger partial charge in [0, 0.05) is 16.1 Å². The molecule has 0 fully saturated rings. The predicted molar refractivity (Wildman–Crippen MR) is 87.2 cm³/mol. The zero-order chi connectivity index (χ0) is 17.1. The highest BCUT2D eigenvalue weighted by molar-refractivity contribution is 9.10. The molecule has 0 saturated heterocycles. The maximum Gasteiger partial charge on any atom is 0.337 e. The number of halogens is 2. The predicted octanol–water partition coefficient (Wildman–Crippen LogP) is 3.96. The summed E-state index contributed by atoms with van der Waals surface area (Å²) in [4.78, 5) is 33.5. The second-order valence-electron chi connectivity index (χ2n) is 4.37. The van der Waals surface area contributed by atoms with Crippen LogP contribution < -0.4 is 5.32 Å². The number of benzene rings is 2. The molecule has 7 nitrogen and oxygen atoms in total. The van der Waals surface area contributed by atoms with Crippen LogP contribution >= 0.6 is 27.5 Å². The van der Waals surface area contributed by atoms with E-state index < -0.39 is 22.5 Å². The van der Waals surface area contributed by atoms with Crippen LogP contribution in [-0.4, -0.2) is 21.9 Å². The molecular weight excluding hydrogens is 392 g/mol. The van der Waals surface area contributed by atoms with Crippen LogP contribution in [0.1, 0.15) is 20.7 Å². The summed E-state index contributed by atoms with van der Waals surface area (Å²) in [6.45, 7) is 0. The lowest BCUT2D eigenvalue weighted by molar-refractivity contribution is -0.384. The van der Waals surface area contributed by atoms with E-state index >= 15 is 0 Å². The molecule has 0 bridgehead atoms. The van der Waals surface area contributed by atoms with Crippen LogP contribution in [0.25, 0.3) is 0 Å². The molecule has 1 amide bonds. The first-order valence-electron chi connectivity index (χ1n) is 6.07. The molecule has 0 saturated carbocycles. The van der Waals surface area contributed by atoms with Gasteiger partial charge in [0.25, 0.3) is 11.6 Å². The Kier molecular flexibility index (Phi) is 4.97. The van der Waals surface area contributed by atoms with Gasteiger partial charge >= 0.3 is 5.97 Å². The van der Waals surface area contributed by atoms with Crippen molar-refractivity contribution in [1.29, 1.82) is 0 Å². The normalized spacial score (nSPS) is 10.2. The third-order valence-corrected chi connectivity index (χ3v) is 3.68. The van der Waals surface area contributed by atoms with Crippen molar-refractivity contribution in [1.82, 2.24) is 0 Å². The lowest BCUT2D eigenvalue weighted by Crippen LogP contribution is -2.15. The molecule has 9 heteroatoms. The average Bonchev–Trinajstić information content (AvgIpc) is 2.48. The minimum absolute atomic E-state index is 0.0136. The molecule has 0 aromatic heterocycles. The summed E-state index contributed by atoms with van der Waals surface area (Å²) in [7, 11) is 0. The highest BCUT2D eigenvalue weighted by Gasteiger charge is 2.18. The molecule has 2 rings (SSSR count). The van der Waals surface area contributed by atoms with E-state index in [1.807, 2.05) is 0 Å². The number of nitrogens with zero attached hydrogens (tertiary/aromatic N) is 1.